The van der Waals surface area contributed by atoms with Crippen molar-refractivity contribution >= 4 is 28.7 Å². The molecule has 2 rings (SSSR count). The molecule has 0 atom stereocenters. The van der Waals surface area contributed by atoms with Crippen molar-refractivity contribution in [1.82, 2.24) is 4.57 Å². The van der Waals surface area contributed by atoms with E-state index >= 15 is 0 Å². The number of hydrogen-bond acceptors (Lipinski definition) is 7. The zero-order valence-electron chi connectivity index (χ0n) is 13.2. The molecule has 0 saturated heterocycles. The van der Waals surface area contributed by atoms with Gasteiger partial charge >= 0.3 is 0 Å². The molecule has 0 bridgehead atoms. The number of halogens is 1. The Hall–Kier alpha value is -3.25. The van der Waals surface area contributed by atoms with Crippen LogP contribution in [-0.2, 0) is 6.54 Å². The van der Waals surface area contributed by atoms with Gasteiger partial charge in [0.05, 0.1) is 4.92 Å². The fourth-order valence-electron chi connectivity index (χ4n) is 2.18. The fourth-order valence-corrected chi connectivity index (χ4v) is 2.35. The predicted molar refractivity (Wildman–Crippen MR) is 89.8 cm³/mol. The molecule has 0 aliphatic rings. The summed E-state index contributed by atoms with van der Waals surface area (Å²) in [5, 5.41) is 37.9. The first kappa shape index (κ1) is 18.1. The zero-order valence-corrected chi connectivity index (χ0v) is 14.0. The molecule has 128 valence electrons. The van der Waals surface area contributed by atoms with Crippen LogP contribution < -0.4 is 5.56 Å². The third-order valence-corrected chi connectivity index (χ3v) is 3.71. The van der Waals surface area contributed by atoms with E-state index in [1.165, 1.54) is 19.1 Å². The lowest BCUT2D eigenvalue weighted by atomic mass is 10.1. The average Bonchev–Trinajstić information content (AvgIpc) is 2.56. The van der Waals surface area contributed by atoms with E-state index < -0.39 is 16.4 Å². The molecule has 25 heavy (non-hydrogen) atoms. The number of nitrogens with zero attached hydrogens (tertiary/aromatic N) is 5. The summed E-state index contributed by atoms with van der Waals surface area (Å²) < 4.78 is 0.968. The smallest absolute Gasteiger partial charge is 0.298 e. The summed E-state index contributed by atoms with van der Waals surface area (Å²) in [5.41, 5.74) is -1.28. The Labute approximate surface area is 146 Å². The predicted octanol–water partition coefficient (Wildman–Crippen LogP) is 3.73. The van der Waals surface area contributed by atoms with Gasteiger partial charge in [0, 0.05) is 23.2 Å². The minimum atomic E-state index is -0.672. The molecule has 0 fully saturated rings. The van der Waals surface area contributed by atoms with Crippen molar-refractivity contribution in [1.29, 1.82) is 5.26 Å². The molecule has 1 aromatic carbocycles. The van der Waals surface area contributed by atoms with Crippen LogP contribution in [0.3, 0.4) is 0 Å². The van der Waals surface area contributed by atoms with Gasteiger partial charge in [-0.25, -0.2) is 0 Å². The third kappa shape index (κ3) is 3.34. The quantitative estimate of drug-likeness (QED) is 0.503. The van der Waals surface area contributed by atoms with Gasteiger partial charge in [-0.05, 0) is 26.0 Å². The molecule has 1 N–H and O–H groups in total. The van der Waals surface area contributed by atoms with Gasteiger partial charge in [0.15, 0.2) is 11.4 Å². The molecule has 9 nitrogen and oxygen atoms in total. The van der Waals surface area contributed by atoms with E-state index in [2.05, 4.69) is 10.2 Å². The van der Waals surface area contributed by atoms with E-state index in [-0.39, 0.29) is 39.8 Å². The van der Waals surface area contributed by atoms with Gasteiger partial charge in [0.2, 0.25) is 5.88 Å². The van der Waals surface area contributed by atoms with E-state index in [0.717, 1.165) is 10.6 Å². The first-order valence-corrected chi connectivity index (χ1v) is 7.41. The van der Waals surface area contributed by atoms with Gasteiger partial charge in [-0.2, -0.15) is 5.26 Å². The summed E-state index contributed by atoms with van der Waals surface area (Å²) in [4.78, 5) is 22.8. The van der Waals surface area contributed by atoms with Crippen molar-refractivity contribution in [2.45, 2.75) is 20.4 Å². The summed E-state index contributed by atoms with van der Waals surface area (Å²) in [5.74, 6) is -0.455. The maximum atomic E-state index is 12.4. The number of azo groups is 1. The standard InChI is InChI=1S/C15H12ClN5O4/c1-3-20-14(22)10(7-17)8(2)13(15(20)23)19-18-11-5-4-9(16)6-12(11)21(24)25/h4-6,22H,3H2,1-2H3. The lowest BCUT2D eigenvalue weighted by molar-refractivity contribution is -0.384. The molecule has 0 spiro atoms. The van der Waals surface area contributed by atoms with E-state index in [4.69, 9.17) is 16.9 Å². The highest BCUT2D eigenvalue weighted by molar-refractivity contribution is 6.30. The Bertz CT molecular complexity index is 991. The number of nitriles is 1. The summed E-state index contributed by atoms with van der Waals surface area (Å²) in [6.45, 7) is 3.16. The van der Waals surface area contributed by atoms with Crippen molar-refractivity contribution in [3.05, 3.63) is 54.8 Å². The van der Waals surface area contributed by atoms with Crippen molar-refractivity contribution in [2.75, 3.05) is 0 Å². The maximum absolute atomic E-state index is 12.4. The molecule has 0 unspecified atom stereocenters. The molecule has 0 amide bonds. The second kappa shape index (κ2) is 7.11. The third-order valence-electron chi connectivity index (χ3n) is 3.48. The van der Waals surface area contributed by atoms with Crippen molar-refractivity contribution in [3.8, 4) is 11.9 Å². The van der Waals surface area contributed by atoms with Gasteiger partial charge < -0.3 is 5.11 Å². The van der Waals surface area contributed by atoms with Crippen LogP contribution in [0.1, 0.15) is 18.1 Å². The lowest BCUT2D eigenvalue weighted by Crippen LogP contribution is -2.20. The second-order valence-electron chi connectivity index (χ2n) is 4.92. The van der Waals surface area contributed by atoms with E-state index in [1.807, 2.05) is 0 Å². The Morgan fingerprint density at radius 1 is 1.44 bits per heavy atom. The molecule has 0 radical (unpaired) electrons. The molecule has 1 aromatic heterocycles. The largest absolute Gasteiger partial charge is 0.493 e. The van der Waals surface area contributed by atoms with Crippen LogP contribution in [0.4, 0.5) is 17.1 Å². The number of aromatic nitrogens is 1. The first-order chi connectivity index (χ1) is 11.8. The Balaban J connectivity index is 2.67. The van der Waals surface area contributed by atoms with E-state index in [1.54, 1.807) is 13.0 Å². The average molecular weight is 362 g/mol. The molecule has 0 aliphatic carbocycles. The molecule has 2 aromatic rings. The summed E-state index contributed by atoms with van der Waals surface area (Å²) in [7, 11) is 0. The second-order valence-corrected chi connectivity index (χ2v) is 5.36. The molecular weight excluding hydrogens is 350 g/mol. The molecular formula is C15H12ClN5O4. The number of pyridine rings is 1. The van der Waals surface area contributed by atoms with Gasteiger partial charge in [-0.1, -0.05) is 11.6 Å². The van der Waals surface area contributed by atoms with Crippen molar-refractivity contribution < 1.29 is 10.0 Å². The first-order valence-electron chi connectivity index (χ1n) is 7.03. The Morgan fingerprint density at radius 3 is 2.68 bits per heavy atom. The highest BCUT2D eigenvalue weighted by Crippen LogP contribution is 2.32. The summed E-state index contributed by atoms with van der Waals surface area (Å²) in [6, 6.07) is 5.62. The lowest BCUT2D eigenvalue weighted by Gasteiger charge is -2.10. The van der Waals surface area contributed by atoms with E-state index in [0.29, 0.717) is 0 Å². The number of hydrogen-bond donors (Lipinski definition) is 1. The van der Waals surface area contributed by atoms with Crippen LogP contribution in [0.25, 0.3) is 0 Å². The highest BCUT2D eigenvalue weighted by atomic mass is 35.5. The van der Waals surface area contributed by atoms with Crippen LogP contribution in [0, 0.1) is 28.4 Å². The number of rotatable bonds is 4. The normalized spacial score (nSPS) is 10.8. The Kier molecular flexibility index (Phi) is 5.14. The molecule has 1 heterocycles. The Morgan fingerprint density at radius 2 is 2.12 bits per heavy atom. The van der Waals surface area contributed by atoms with Gasteiger partial charge in [-0.3, -0.25) is 19.5 Å². The fraction of sp³-hybridized carbons (Fsp3) is 0.200. The maximum Gasteiger partial charge on any atom is 0.298 e. The van der Waals surface area contributed by atoms with Crippen molar-refractivity contribution in [2.24, 2.45) is 10.2 Å². The van der Waals surface area contributed by atoms with Gasteiger partial charge in [-0.15, -0.1) is 10.2 Å². The van der Waals surface area contributed by atoms with Crippen LogP contribution >= 0.6 is 11.6 Å². The van der Waals surface area contributed by atoms with Crippen LogP contribution in [0.5, 0.6) is 5.88 Å². The number of nitro groups is 1. The SMILES string of the molecule is CCn1c(O)c(C#N)c(C)c(N=Nc2ccc(Cl)cc2[N+](=O)[O-])c1=O. The summed E-state index contributed by atoms with van der Waals surface area (Å²) >= 11 is 5.73. The summed E-state index contributed by atoms with van der Waals surface area (Å²) in [6.07, 6.45) is 0. The number of nitro benzene ring substituents is 1. The van der Waals surface area contributed by atoms with Crippen LogP contribution in [-0.4, -0.2) is 14.6 Å². The number of benzene rings is 1. The van der Waals surface area contributed by atoms with Crippen molar-refractivity contribution in [3.63, 3.8) is 0 Å². The van der Waals surface area contributed by atoms with Gasteiger partial charge in [0.1, 0.15) is 11.6 Å². The van der Waals surface area contributed by atoms with Gasteiger partial charge in [0.25, 0.3) is 11.2 Å². The molecule has 0 aliphatic heterocycles. The van der Waals surface area contributed by atoms with Crippen LogP contribution in [0.15, 0.2) is 33.2 Å². The minimum absolute atomic E-state index is 0.0946. The molecule has 10 heteroatoms. The highest BCUT2D eigenvalue weighted by Gasteiger charge is 2.19. The monoisotopic (exact) mass is 361 g/mol. The van der Waals surface area contributed by atoms with E-state index in [9.17, 15) is 20.0 Å². The topological polar surface area (TPSA) is 134 Å². The number of aromatic hydroxyl groups is 1. The van der Waals surface area contributed by atoms with Crippen LogP contribution in [0.2, 0.25) is 5.02 Å². The molecule has 0 saturated carbocycles. The zero-order chi connectivity index (χ0) is 18.7. The minimum Gasteiger partial charge on any atom is -0.493 e.